The van der Waals surface area contributed by atoms with Gasteiger partial charge in [0.05, 0.1) is 147 Å². The number of aromatic nitrogens is 20. The van der Waals surface area contributed by atoms with E-state index in [1.165, 1.54) is 12.1 Å². The molecule has 138 heavy (non-hydrogen) atoms. The number of methoxy groups -OCH3 is 1. The van der Waals surface area contributed by atoms with E-state index in [2.05, 4.69) is 137 Å². The van der Waals surface area contributed by atoms with Crippen LogP contribution in [0.15, 0.2) is 207 Å². The SMILES string of the molecule is COc1ccc(-c2ccc(-c3cnn4c(N)c(Br)c(C5CCC(C(=O)O)CC5)nc34)cn2)cc1Cl.Nc1c(Br)c(C2CCC(C(=O)O)CC2)nc2c(-c3ccc(-c4ccc5[nH]ncc5c4)nc3)cnn12.Nc1c(Br)c(C2CCC(C(=O)O)CC2)nc2c(-c3ccc(-c4ccc5[nH]ncc5c4)nc3)cnn12.Nc1c(Br)c(C2CCC(C(=O)O)CC2)nc2c(-c3ccc(-c4cccc(F)c4)nc3)cnn12. The van der Waals surface area contributed by atoms with E-state index in [0.717, 1.165) is 183 Å². The van der Waals surface area contributed by atoms with E-state index in [1.807, 2.05) is 109 Å². The topological polar surface area (TPSA) is 492 Å². The number of H-pyrrole nitrogens is 2. The number of nitrogen functional groups attached to an aromatic ring is 4. The van der Waals surface area contributed by atoms with Gasteiger partial charge >= 0.3 is 23.9 Å². The standard InChI is InChI=1S/C25H23BrClN5O3.2C25H22BrN7O2.C24H21BrFN5O2/c1-35-20-9-7-15(10-18(20)27)19-8-6-16(11-29-19)17-12-30-32-23(28)21(26)22(31-24(17)32)13-2-4-14(5-3-13)25(33)34;2*26-21-22(13-1-3-14(4-2-13)25(34)35)31-24-18(12-30-33(24)23(21)27)16-6-7-19(28-10-16)15-5-8-20-17(9-15)11-29-32-20;25-20-21(13-4-6-14(7-5-13)24(32)33)30-23-18(12-29-31(23)22(20)27)16-8-9-19(28-11-16)15-2-1-3-17(26)10-15/h6-14H,2-5,28H2,1H3,(H,33,34);2*5-14H,1-4,27H2,(H,29,32)(H,34,35);1-3,8-14H,4-7,27H2,(H,32,33). The van der Waals surface area contributed by atoms with Gasteiger partial charge in [-0.25, -0.2) is 24.3 Å². The van der Waals surface area contributed by atoms with E-state index < -0.39 is 23.9 Å². The first-order chi connectivity index (χ1) is 66.8. The average molecular weight is 2130 g/mol. The van der Waals surface area contributed by atoms with Crippen molar-refractivity contribution in [3.05, 3.63) is 241 Å². The van der Waals surface area contributed by atoms with Crippen LogP contribution in [0.25, 0.3) is 134 Å². The minimum Gasteiger partial charge on any atom is -0.495 e. The highest BCUT2D eigenvalue weighted by atomic mass is 79.9. The number of aliphatic carboxylic acids is 4. The zero-order chi connectivity index (χ0) is 96.0. The van der Waals surface area contributed by atoms with Crippen LogP contribution in [0.1, 0.15) is 149 Å². The molecule has 0 unspecified atom stereocenters. The number of aromatic amines is 2. The number of nitrogens with two attached hydrogens (primary N) is 4. The average Bonchev–Trinajstić information content (AvgIpc) is 1.59. The Balaban J connectivity index is 0.000000118. The van der Waals surface area contributed by atoms with Gasteiger partial charge in [-0.1, -0.05) is 60.1 Å². The Bertz CT molecular complexity index is 7460. The molecule has 4 aliphatic rings. The minimum atomic E-state index is -0.734. The number of benzene rings is 4. The number of pyridine rings is 4. The molecule has 700 valence electrons. The fourth-order valence-corrected chi connectivity index (χ4v) is 21.6. The zero-order valence-corrected chi connectivity index (χ0v) is 80.9. The number of carboxylic acids is 4. The van der Waals surface area contributed by atoms with Gasteiger partial charge in [-0.15, -0.1) is 0 Å². The van der Waals surface area contributed by atoms with Crippen LogP contribution in [0.2, 0.25) is 5.02 Å². The van der Waals surface area contributed by atoms with Gasteiger partial charge in [0.2, 0.25) is 0 Å². The molecule has 0 bridgehead atoms. The fraction of sp³-hybridized carbons (Fsp3) is 0.253. The lowest BCUT2D eigenvalue weighted by atomic mass is 9.80. The Labute approximate surface area is 824 Å². The van der Waals surface area contributed by atoms with E-state index in [4.69, 9.17) is 59.2 Å². The third-order valence-corrected chi connectivity index (χ3v) is 30.3. The quantitative estimate of drug-likeness (QED) is 0.0405. The predicted octanol–water partition coefficient (Wildman–Crippen LogP) is 21.2. The summed E-state index contributed by atoms with van der Waals surface area (Å²) in [5, 5.41) is 71.7. The van der Waals surface area contributed by atoms with Crippen molar-refractivity contribution >= 4 is 167 Å². The summed E-state index contributed by atoms with van der Waals surface area (Å²) < 4.78 is 28.1. The summed E-state index contributed by atoms with van der Waals surface area (Å²) in [4.78, 5) is 83.6. The lowest BCUT2D eigenvalue weighted by Gasteiger charge is -2.26. The van der Waals surface area contributed by atoms with Crippen LogP contribution in [-0.4, -0.2) is 150 Å². The lowest BCUT2D eigenvalue weighted by molar-refractivity contribution is -0.143. The molecule has 14 aromatic heterocycles. The monoisotopic (exact) mass is 2130 g/mol. The Morgan fingerprint density at radius 1 is 0.362 bits per heavy atom. The Hall–Kier alpha value is -14.1. The van der Waals surface area contributed by atoms with E-state index in [1.54, 1.807) is 80.8 Å². The van der Waals surface area contributed by atoms with Crippen molar-refractivity contribution in [1.82, 2.24) is 98.7 Å². The highest BCUT2D eigenvalue weighted by molar-refractivity contribution is 9.11. The summed E-state index contributed by atoms with van der Waals surface area (Å²) in [6, 6.07) is 39.6. The van der Waals surface area contributed by atoms with E-state index in [0.29, 0.717) is 128 Å². The highest BCUT2D eigenvalue weighted by Gasteiger charge is 2.36. The molecule has 0 spiro atoms. The molecule has 0 saturated heterocycles. The Morgan fingerprint density at radius 2 is 0.638 bits per heavy atom. The largest absolute Gasteiger partial charge is 0.495 e. The molecule has 39 heteroatoms. The number of carbonyl (C=O) groups is 4. The van der Waals surface area contributed by atoms with Gasteiger partial charge in [0.25, 0.3) is 0 Å². The number of nitrogens with zero attached hydrogens (tertiary/aromatic N) is 18. The number of anilines is 4. The molecular formula is C99H88Br4ClFN24O9. The van der Waals surface area contributed by atoms with Gasteiger partial charge in [0, 0.05) is 126 Å². The second kappa shape index (κ2) is 39.6. The molecule has 4 aromatic carbocycles. The van der Waals surface area contributed by atoms with E-state index in [-0.39, 0.29) is 53.2 Å². The molecule has 0 aliphatic heterocycles. The lowest BCUT2D eigenvalue weighted by Crippen LogP contribution is -2.21. The maximum absolute atomic E-state index is 13.6. The summed E-state index contributed by atoms with van der Waals surface area (Å²) in [6.07, 6.45) is 28.8. The van der Waals surface area contributed by atoms with Crippen LogP contribution in [0, 0.1) is 29.5 Å². The van der Waals surface area contributed by atoms with Crippen LogP contribution in [0.3, 0.4) is 0 Å². The molecule has 0 atom stereocenters. The normalized spacial score (nSPS) is 18.3. The van der Waals surface area contributed by atoms with Crippen molar-refractivity contribution in [2.75, 3.05) is 30.0 Å². The predicted molar refractivity (Wildman–Crippen MR) is 535 cm³/mol. The third kappa shape index (κ3) is 18.7. The fourth-order valence-electron chi connectivity index (χ4n) is 19.0. The minimum absolute atomic E-state index is 0.124. The number of carboxylic acid groups (broad SMARTS) is 4. The van der Waals surface area contributed by atoms with Gasteiger partial charge in [-0.05, 0) is 245 Å². The summed E-state index contributed by atoms with van der Waals surface area (Å²) in [6.45, 7) is 0. The molecule has 0 radical (unpaired) electrons. The van der Waals surface area contributed by atoms with Crippen LogP contribution >= 0.6 is 75.3 Å². The Kier molecular flexibility index (Phi) is 26.6. The molecule has 22 rings (SSSR count). The van der Waals surface area contributed by atoms with Gasteiger partial charge < -0.3 is 48.1 Å². The molecule has 18 aromatic rings. The molecule has 0 amide bonds. The smallest absolute Gasteiger partial charge is 0.306 e. The van der Waals surface area contributed by atoms with Gasteiger partial charge in [-0.2, -0.15) is 48.7 Å². The third-order valence-electron chi connectivity index (χ3n) is 26.8. The summed E-state index contributed by atoms with van der Waals surface area (Å²) in [7, 11) is 1.58. The van der Waals surface area contributed by atoms with Gasteiger partial charge in [-0.3, -0.25) is 49.3 Å². The zero-order valence-electron chi connectivity index (χ0n) is 73.8. The maximum atomic E-state index is 13.6. The van der Waals surface area contributed by atoms with Crippen molar-refractivity contribution < 1.29 is 48.7 Å². The molecule has 14 N–H and O–H groups in total. The van der Waals surface area contributed by atoms with Gasteiger partial charge in [0.1, 0.15) is 34.8 Å². The molecule has 4 fully saturated rings. The number of hydrogen-bond donors (Lipinski definition) is 10. The summed E-state index contributed by atoms with van der Waals surface area (Å²) in [5.74, 6) is -1.31. The number of rotatable bonds is 17. The van der Waals surface area contributed by atoms with Crippen LogP contribution < -0.4 is 27.7 Å². The number of hydrogen-bond acceptors (Lipinski definition) is 23. The van der Waals surface area contributed by atoms with Crippen LogP contribution in [0.4, 0.5) is 27.7 Å². The molecule has 4 saturated carbocycles. The summed E-state index contributed by atoms with van der Waals surface area (Å²) >= 11 is 20.7. The first-order valence-electron chi connectivity index (χ1n) is 44.8. The van der Waals surface area contributed by atoms with E-state index in [9.17, 15) is 44.0 Å². The first-order valence-corrected chi connectivity index (χ1v) is 48.4. The molecule has 14 heterocycles. The second-order valence-corrected chi connectivity index (χ2v) is 38.5. The highest BCUT2D eigenvalue weighted by Crippen LogP contribution is 2.48. The molecular weight excluding hydrogens is 2040 g/mol. The van der Waals surface area contributed by atoms with Crippen molar-refractivity contribution in [3.8, 4) is 95.3 Å². The van der Waals surface area contributed by atoms with Crippen LogP contribution in [-0.2, 0) is 19.2 Å². The summed E-state index contributed by atoms with van der Waals surface area (Å²) in [5.41, 5.74) is 47.1. The number of halogens is 6. The van der Waals surface area contributed by atoms with Crippen molar-refractivity contribution in [2.45, 2.75) is 126 Å². The van der Waals surface area contributed by atoms with Gasteiger partial charge in [0.15, 0.2) is 22.6 Å². The molecule has 33 nitrogen and oxygen atoms in total. The number of ether oxygens (including phenoxy) is 1. The second-order valence-electron chi connectivity index (χ2n) is 34.9. The number of fused-ring (bicyclic) bond motifs is 6. The number of nitrogens with one attached hydrogen (secondary N) is 2. The Morgan fingerprint density at radius 3 is 0.899 bits per heavy atom. The van der Waals surface area contributed by atoms with Crippen molar-refractivity contribution in [2.24, 2.45) is 23.7 Å². The van der Waals surface area contributed by atoms with E-state index >= 15 is 0 Å². The van der Waals surface area contributed by atoms with Crippen molar-refractivity contribution in [1.29, 1.82) is 0 Å². The first kappa shape index (κ1) is 93.0. The maximum Gasteiger partial charge on any atom is 0.306 e. The molecule has 4 aliphatic carbocycles. The van der Waals surface area contributed by atoms with Crippen LogP contribution in [0.5, 0.6) is 5.75 Å². The van der Waals surface area contributed by atoms with Crippen molar-refractivity contribution in [3.63, 3.8) is 0 Å².